The van der Waals surface area contributed by atoms with Crippen molar-refractivity contribution in [1.82, 2.24) is 4.31 Å². The number of nitrogens with zero attached hydrogens (tertiary/aromatic N) is 1. The summed E-state index contributed by atoms with van der Waals surface area (Å²) in [5, 5.41) is 0. The number of amides is 1. The van der Waals surface area contributed by atoms with Gasteiger partial charge in [-0.25, -0.2) is 8.42 Å². The molecule has 2 N–H and O–H groups in total. The van der Waals surface area contributed by atoms with Crippen LogP contribution in [-0.2, 0) is 14.8 Å². The van der Waals surface area contributed by atoms with Crippen LogP contribution in [-0.4, -0.2) is 31.2 Å². The van der Waals surface area contributed by atoms with E-state index in [2.05, 4.69) is 0 Å². The van der Waals surface area contributed by atoms with E-state index >= 15 is 0 Å². The molecule has 1 aromatic carbocycles. The molecule has 1 atom stereocenters. The first-order valence-electron chi connectivity index (χ1n) is 6.22. The number of hydrogen-bond donors (Lipinski definition) is 1. The minimum absolute atomic E-state index is 0.226. The summed E-state index contributed by atoms with van der Waals surface area (Å²) in [4.78, 5) is 11.6. The van der Waals surface area contributed by atoms with Gasteiger partial charge in [0, 0.05) is 6.54 Å². The maximum Gasteiger partial charge on any atom is 0.243 e. The molecule has 6 heteroatoms. The SMILES string of the molecule is Cc1ccc(S(=O)(=O)N2CCCC2C(N)=O)cc1C. The average Bonchev–Trinajstić information content (AvgIpc) is 2.82. The Bertz CT molecular complexity index is 610. The number of carbonyl (C=O) groups is 1. The summed E-state index contributed by atoms with van der Waals surface area (Å²) in [7, 11) is -3.64. The van der Waals surface area contributed by atoms with Crippen molar-refractivity contribution in [3.05, 3.63) is 29.3 Å². The van der Waals surface area contributed by atoms with E-state index in [0.717, 1.165) is 11.1 Å². The van der Waals surface area contributed by atoms with Gasteiger partial charge in [0.2, 0.25) is 15.9 Å². The zero-order chi connectivity index (χ0) is 14.2. The lowest BCUT2D eigenvalue weighted by atomic mass is 10.1. The maximum absolute atomic E-state index is 12.5. The van der Waals surface area contributed by atoms with Crippen LogP contribution in [0.4, 0.5) is 0 Å². The van der Waals surface area contributed by atoms with E-state index in [1.807, 2.05) is 13.8 Å². The fraction of sp³-hybridized carbons (Fsp3) is 0.462. The van der Waals surface area contributed by atoms with E-state index in [0.29, 0.717) is 19.4 Å². The van der Waals surface area contributed by atoms with Crippen molar-refractivity contribution in [1.29, 1.82) is 0 Å². The highest BCUT2D eigenvalue weighted by molar-refractivity contribution is 7.89. The zero-order valence-corrected chi connectivity index (χ0v) is 11.9. The second-order valence-electron chi connectivity index (χ2n) is 4.92. The third kappa shape index (κ3) is 2.50. The maximum atomic E-state index is 12.5. The van der Waals surface area contributed by atoms with Gasteiger partial charge in [-0.05, 0) is 49.9 Å². The molecule has 0 aliphatic carbocycles. The third-order valence-corrected chi connectivity index (χ3v) is 5.52. The molecule has 1 aliphatic heterocycles. The fourth-order valence-electron chi connectivity index (χ4n) is 2.32. The molecule has 0 aromatic heterocycles. The Hall–Kier alpha value is -1.40. The number of sulfonamides is 1. The summed E-state index contributed by atoms with van der Waals surface area (Å²) in [6.07, 6.45) is 1.16. The van der Waals surface area contributed by atoms with Gasteiger partial charge in [-0.2, -0.15) is 4.31 Å². The Kier molecular flexibility index (Phi) is 3.64. The summed E-state index contributed by atoms with van der Waals surface area (Å²) < 4.78 is 26.3. The van der Waals surface area contributed by atoms with Gasteiger partial charge >= 0.3 is 0 Å². The largest absolute Gasteiger partial charge is 0.368 e. The molecular weight excluding hydrogens is 264 g/mol. The van der Waals surface area contributed by atoms with Gasteiger partial charge in [-0.3, -0.25) is 4.79 Å². The van der Waals surface area contributed by atoms with E-state index in [1.54, 1.807) is 18.2 Å². The van der Waals surface area contributed by atoms with E-state index in [1.165, 1.54) is 4.31 Å². The number of hydrogen-bond acceptors (Lipinski definition) is 3. The number of rotatable bonds is 3. The topological polar surface area (TPSA) is 80.5 Å². The van der Waals surface area contributed by atoms with Gasteiger partial charge in [-0.1, -0.05) is 6.07 Å². The predicted octanol–water partition coefficient (Wildman–Crippen LogP) is 0.942. The molecule has 1 unspecified atom stereocenters. The Morgan fingerprint density at radius 3 is 2.58 bits per heavy atom. The quantitative estimate of drug-likeness (QED) is 0.896. The van der Waals surface area contributed by atoms with Gasteiger partial charge in [0.15, 0.2) is 0 Å². The van der Waals surface area contributed by atoms with Gasteiger partial charge in [0.25, 0.3) is 0 Å². The second-order valence-corrected chi connectivity index (χ2v) is 6.81. The molecule has 2 rings (SSSR count). The van der Waals surface area contributed by atoms with Crippen LogP contribution < -0.4 is 5.73 Å². The van der Waals surface area contributed by atoms with Crippen molar-refractivity contribution in [2.24, 2.45) is 5.73 Å². The van der Waals surface area contributed by atoms with Crippen molar-refractivity contribution in [2.75, 3.05) is 6.54 Å². The van der Waals surface area contributed by atoms with Gasteiger partial charge in [0.05, 0.1) is 4.90 Å². The lowest BCUT2D eigenvalue weighted by Gasteiger charge is -2.22. The van der Waals surface area contributed by atoms with Crippen molar-refractivity contribution < 1.29 is 13.2 Å². The molecule has 5 nitrogen and oxygen atoms in total. The molecule has 1 fully saturated rings. The van der Waals surface area contributed by atoms with Crippen LogP contribution in [0.1, 0.15) is 24.0 Å². The minimum Gasteiger partial charge on any atom is -0.368 e. The summed E-state index contributed by atoms with van der Waals surface area (Å²) >= 11 is 0. The normalized spacial score (nSPS) is 20.6. The molecular formula is C13H18N2O3S. The smallest absolute Gasteiger partial charge is 0.243 e. The summed E-state index contributed by atoms with van der Waals surface area (Å²) in [6.45, 7) is 4.14. The molecule has 1 aliphatic rings. The highest BCUT2D eigenvalue weighted by Gasteiger charge is 2.38. The standard InChI is InChI=1S/C13H18N2O3S/c1-9-5-6-11(8-10(9)2)19(17,18)15-7-3-4-12(15)13(14)16/h5-6,8,12H,3-4,7H2,1-2H3,(H2,14,16). The molecule has 1 saturated heterocycles. The highest BCUT2D eigenvalue weighted by Crippen LogP contribution is 2.26. The van der Waals surface area contributed by atoms with E-state index in [4.69, 9.17) is 5.73 Å². The number of primary amides is 1. The van der Waals surface area contributed by atoms with Crippen LogP contribution in [0.15, 0.2) is 23.1 Å². The van der Waals surface area contributed by atoms with Crippen LogP contribution in [0.25, 0.3) is 0 Å². The van der Waals surface area contributed by atoms with E-state index < -0.39 is 22.0 Å². The second kappa shape index (κ2) is 4.94. The fourth-order valence-corrected chi connectivity index (χ4v) is 4.07. The van der Waals surface area contributed by atoms with Gasteiger partial charge < -0.3 is 5.73 Å². The minimum atomic E-state index is -3.64. The van der Waals surface area contributed by atoms with Crippen molar-refractivity contribution >= 4 is 15.9 Å². The molecule has 1 amide bonds. The molecule has 0 radical (unpaired) electrons. The first-order valence-corrected chi connectivity index (χ1v) is 7.66. The van der Waals surface area contributed by atoms with Crippen LogP contribution in [0.2, 0.25) is 0 Å². The summed E-state index contributed by atoms with van der Waals surface area (Å²) in [6, 6.07) is 4.28. The van der Waals surface area contributed by atoms with E-state index in [-0.39, 0.29) is 4.90 Å². The zero-order valence-electron chi connectivity index (χ0n) is 11.1. The molecule has 19 heavy (non-hydrogen) atoms. The monoisotopic (exact) mass is 282 g/mol. The molecule has 1 aromatic rings. The van der Waals surface area contributed by atoms with Crippen LogP contribution in [0.5, 0.6) is 0 Å². The number of carbonyl (C=O) groups excluding carboxylic acids is 1. The molecule has 104 valence electrons. The first kappa shape index (κ1) is 14.0. The highest BCUT2D eigenvalue weighted by atomic mass is 32.2. The lowest BCUT2D eigenvalue weighted by molar-refractivity contribution is -0.121. The Morgan fingerprint density at radius 2 is 2.00 bits per heavy atom. The van der Waals surface area contributed by atoms with Crippen LogP contribution in [0.3, 0.4) is 0 Å². The Labute approximate surface area is 113 Å². The molecule has 1 heterocycles. The van der Waals surface area contributed by atoms with Crippen LogP contribution >= 0.6 is 0 Å². The third-order valence-electron chi connectivity index (χ3n) is 3.62. The predicted molar refractivity (Wildman–Crippen MR) is 72.0 cm³/mol. The molecule has 0 saturated carbocycles. The number of nitrogens with two attached hydrogens (primary N) is 1. The summed E-state index contributed by atoms with van der Waals surface area (Å²) in [5.74, 6) is -0.579. The number of benzene rings is 1. The number of aryl methyl sites for hydroxylation is 2. The van der Waals surface area contributed by atoms with Crippen molar-refractivity contribution in [2.45, 2.75) is 37.6 Å². The Morgan fingerprint density at radius 1 is 1.32 bits per heavy atom. The van der Waals surface area contributed by atoms with Crippen molar-refractivity contribution in [3.8, 4) is 0 Å². The first-order chi connectivity index (χ1) is 8.84. The van der Waals surface area contributed by atoms with Crippen LogP contribution in [0, 0.1) is 13.8 Å². The van der Waals surface area contributed by atoms with Gasteiger partial charge in [-0.15, -0.1) is 0 Å². The van der Waals surface area contributed by atoms with Crippen molar-refractivity contribution in [3.63, 3.8) is 0 Å². The lowest BCUT2D eigenvalue weighted by Crippen LogP contribution is -2.43. The molecule has 0 spiro atoms. The van der Waals surface area contributed by atoms with Gasteiger partial charge in [0.1, 0.15) is 6.04 Å². The van der Waals surface area contributed by atoms with E-state index in [9.17, 15) is 13.2 Å². The Balaban J connectivity index is 2.42. The summed E-state index contributed by atoms with van der Waals surface area (Å²) in [5.41, 5.74) is 7.22. The average molecular weight is 282 g/mol. The molecule has 0 bridgehead atoms.